The Morgan fingerprint density at radius 1 is 1.38 bits per heavy atom. The molecule has 5 heteroatoms. The predicted octanol–water partition coefficient (Wildman–Crippen LogP) is 1.88. The Balaban J connectivity index is 0.00000225. The second-order valence-corrected chi connectivity index (χ2v) is 3.27. The fourth-order valence-electron chi connectivity index (χ4n) is 1.19. The Morgan fingerprint density at radius 2 is 1.94 bits per heavy atom. The number of hydrogen-bond acceptors (Lipinski definition) is 2. The van der Waals surface area contributed by atoms with Gasteiger partial charge in [-0.1, -0.05) is 31.2 Å². The number of benzene rings is 1. The van der Waals surface area contributed by atoms with Crippen LogP contribution in [0.15, 0.2) is 29.4 Å². The van der Waals surface area contributed by atoms with E-state index in [0.29, 0.717) is 0 Å². The van der Waals surface area contributed by atoms with Crippen LogP contribution in [0, 0.1) is 5.41 Å². The summed E-state index contributed by atoms with van der Waals surface area (Å²) in [5.74, 6) is -0.153. The van der Waals surface area contributed by atoms with E-state index in [9.17, 15) is 0 Å². The molecule has 0 aliphatic carbocycles. The third-order valence-corrected chi connectivity index (χ3v) is 2.12. The van der Waals surface area contributed by atoms with Gasteiger partial charge in [0.25, 0.3) is 0 Å². The minimum Gasteiger partial charge on any atom is -0.369 e. The Morgan fingerprint density at radius 3 is 2.38 bits per heavy atom. The predicted molar refractivity (Wildman–Crippen MR) is 70.3 cm³/mol. The van der Waals surface area contributed by atoms with Crippen LogP contribution in [0.2, 0.25) is 0 Å². The average Bonchev–Trinajstić information content (AvgIpc) is 2.26. The van der Waals surface area contributed by atoms with Crippen LogP contribution >= 0.6 is 12.4 Å². The highest BCUT2D eigenvalue weighted by Crippen LogP contribution is 2.05. The van der Waals surface area contributed by atoms with Gasteiger partial charge in [0.15, 0.2) is 0 Å². The molecule has 16 heavy (non-hydrogen) atoms. The van der Waals surface area contributed by atoms with Gasteiger partial charge in [-0.05, 0) is 24.5 Å². The van der Waals surface area contributed by atoms with Gasteiger partial charge >= 0.3 is 0 Å². The number of nitrogens with two attached hydrogens (primary N) is 1. The molecular formula is C11H17ClN4. The van der Waals surface area contributed by atoms with Crippen LogP contribution < -0.4 is 11.2 Å². The van der Waals surface area contributed by atoms with E-state index in [1.54, 1.807) is 0 Å². The van der Waals surface area contributed by atoms with Gasteiger partial charge in [0.2, 0.25) is 5.96 Å². The van der Waals surface area contributed by atoms with Crippen molar-refractivity contribution in [2.75, 3.05) is 0 Å². The van der Waals surface area contributed by atoms with Gasteiger partial charge in [-0.2, -0.15) is 5.10 Å². The number of guanidine groups is 1. The summed E-state index contributed by atoms with van der Waals surface area (Å²) >= 11 is 0. The van der Waals surface area contributed by atoms with E-state index < -0.39 is 0 Å². The topological polar surface area (TPSA) is 74.3 Å². The van der Waals surface area contributed by atoms with E-state index in [0.717, 1.165) is 17.7 Å². The third kappa shape index (κ3) is 4.31. The molecule has 0 bridgehead atoms. The maximum atomic E-state index is 6.97. The summed E-state index contributed by atoms with van der Waals surface area (Å²) in [6.45, 7) is 3.99. The lowest BCUT2D eigenvalue weighted by Gasteiger charge is -2.03. The fraction of sp³-hybridized carbons (Fsp3) is 0.273. The highest BCUT2D eigenvalue weighted by atomic mass is 35.5. The molecule has 4 nitrogen and oxygen atoms in total. The van der Waals surface area contributed by atoms with Crippen LogP contribution in [0.3, 0.4) is 0 Å². The van der Waals surface area contributed by atoms with Crippen molar-refractivity contribution in [1.29, 1.82) is 5.41 Å². The second kappa shape index (κ2) is 6.85. The Kier molecular flexibility index (Phi) is 6.18. The first kappa shape index (κ1) is 14.5. The standard InChI is InChI=1S/C11H16N4.ClH/c1-3-9-4-6-10(7-5-9)8(2)14-15-11(12)13;/h4-7H,3H2,1-2H3,(H4,12,13,15);1H. The number of nitrogens with zero attached hydrogens (tertiary/aromatic N) is 1. The van der Waals surface area contributed by atoms with Crippen molar-refractivity contribution < 1.29 is 0 Å². The lowest BCUT2D eigenvalue weighted by Crippen LogP contribution is -2.26. The molecule has 0 aliphatic heterocycles. The fourth-order valence-corrected chi connectivity index (χ4v) is 1.19. The van der Waals surface area contributed by atoms with E-state index in [4.69, 9.17) is 11.1 Å². The zero-order valence-electron chi connectivity index (χ0n) is 9.45. The Hall–Kier alpha value is -1.55. The van der Waals surface area contributed by atoms with Crippen LogP contribution in [-0.4, -0.2) is 11.7 Å². The van der Waals surface area contributed by atoms with Gasteiger partial charge < -0.3 is 5.73 Å². The Labute approximate surface area is 102 Å². The quantitative estimate of drug-likeness (QED) is 0.429. The molecule has 1 aromatic rings. The summed E-state index contributed by atoms with van der Waals surface area (Å²) in [5, 5.41) is 10.9. The molecule has 0 radical (unpaired) electrons. The molecule has 0 atom stereocenters. The van der Waals surface area contributed by atoms with Crippen molar-refractivity contribution in [3.05, 3.63) is 35.4 Å². The molecule has 0 aliphatic rings. The highest BCUT2D eigenvalue weighted by molar-refractivity contribution is 5.99. The van der Waals surface area contributed by atoms with Crippen LogP contribution in [0.1, 0.15) is 25.0 Å². The largest absolute Gasteiger partial charge is 0.369 e. The zero-order chi connectivity index (χ0) is 11.3. The molecule has 1 rings (SSSR count). The van der Waals surface area contributed by atoms with Crippen molar-refractivity contribution in [2.45, 2.75) is 20.3 Å². The van der Waals surface area contributed by atoms with Crippen LogP contribution in [0.4, 0.5) is 0 Å². The molecule has 0 saturated carbocycles. The second-order valence-electron chi connectivity index (χ2n) is 3.27. The van der Waals surface area contributed by atoms with Gasteiger partial charge in [-0.15, -0.1) is 12.4 Å². The molecule has 0 amide bonds. The van der Waals surface area contributed by atoms with E-state index >= 15 is 0 Å². The number of aryl methyl sites for hydroxylation is 1. The molecule has 0 saturated heterocycles. The number of nitrogens with one attached hydrogen (secondary N) is 2. The maximum Gasteiger partial charge on any atom is 0.206 e. The maximum absolute atomic E-state index is 6.97. The van der Waals surface area contributed by atoms with Crippen molar-refractivity contribution in [2.24, 2.45) is 10.8 Å². The normalized spacial score (nSPS) is 10.5. The summed E-state index contributed by atoms with van der Waals surface area (Å²) in [4.78, 5) is 0. The van der Waals surface area contributed by atoms with Crippen molar-refractivity contribution >= 4 is 24.1 Å². The highest BCUT2D eigenvalue weighted by Gasteiger charge is 1.97. The molecule has 0 unspecified atom stereocenters. The first-order chi connectivity index (χ1) is 7.13. The molecule has 0 aromatic heterocycles. The van der Waals surface area contributed by atoms with E-state index in [2.05, 4.69) is 29.6 Å². The van der Waals surface area contributed by atoms with Gasteiger partial charge in [0.05, 0.1) is 5.71 Å². The van der Waals surface area contributed by atoms with Crippen LogP contribution in [0.25, 0.3) is 0 Å². The first-order valence-corrected chi connectivity index (χ1v) is 4.87. The van der Waals surface area contributed by atoms with Crippen molar-refractivity contribution in [3.8, 4) is 0 Å². The van der Waals surface area contributed by atoms with E-state index in [1.807, 2.05) is 19.1 Å². The lowest BCUT2D eigenvalue weighted by molar-refractivity contribution is 0.991. The molecule has 0 heterocycles. The lowest BCUT2D eigenvalue weighted by atomic mass is 10.1. The smallest absolute Gasteiger partial charge is 0.206 e. The summed E-state index contributed by atoms with van der Waals surface area (Å²) < 4.78 is 0. The monoisotopic (exact) mass is 240 g/mol. The first-order valence-electron chi connectivity index (χ1n) is 4.87. The van der Waals surface area contributed by atoms with Crippen molar-refractivity contribution in [3.63, 3.8) is 0 Å². The minimum absolute atomic E-state index is 0. The molecule has 1 aromatic carbocycles. The number of halogens is 1. The molecule has 0 spiro atoms. The summed E-state index contributed by atoms with van der Waals surface area (Å²) in [5.41, 5.74) is 10.7. The average molecular weight is 241 g/mol. The van der Waals surface area contributed by atoms with Crippen LogP contribution in [0.5, 0.6) is 0 Å². The third-order valence-electron chi connectivity index (χ3n) is 2.12. The van der Waals surface area contributed by atoms with Crippen LogP contribution in [-0.2, 0) is 6.42 Å². The minimum atomic E-state index is -0.153. The SMILES string of the molecule is CCc1ccc(C(C)=NNC(=N)N)cc1.Cl. The molecule has 0 fully saturated rings. The van der Waals surface area contributed by atoms with Gasteiger partial charge in [0, 0.05) is 0 Å². The summed E-state index contributed by atoms with van der Waals surface area (Å²) in [6.07, 6.45) is 1.03. The summed E-state index contributed by atoms with van der Waals surface area (Å²) in [7, 11) is 0. The number of hydrazone groups is 1. The molecule has 88 valence electrons. The summed E-state index contributed by atoms with van der Waals surface area (Å²) in [6, 6.07) is 8.17. The number of hydrogen-bond donors (Lipinski definition) is 3. The van der Waals surface area contributed by atoms with Gasteiger partial charge in [-0.3, -0.25) is 5.41 Å². The Bertz CT molecular complexity index is 370. The van der Waals surface area contributed by atoms with E-state index in [1.165, 1.54) is 5.56 Å². The van der Waals surface area contributed by atoms with Crippen molar-refractivity contribution in [1.82, 2.24) is 5.43 Å². The number of rotatable bonds is 3. The van der Waals surface area contributed by atoms with E-state index in [-0.39, 0.29) is 18.4 Å². The molecular weight excluding hydrogens is 224 g/mol. The zero-order valence-corrected chi connectivity index (χ0v) is 10.3. The van der Waals surface area contributed by atoms with Gasteiger partial charge in [-0.25, -0.2) is 5.43 Å². The molecule has 4 N–H and O–H groups in total. The van der Waals surface area contributed by atoms with Gasteiger partial charge in [0.1, 0.15) is 0 Å².